The second-order valence-electron chi connectivity index (χ2n) is 4.37. The first-order valence-electron chi connectivity index (χ1n) is 5.54. The normalized spacial score (nSPS) is 15.6. The first kappa shape index (κ1) is 13.2. The highest BCUT2D eigenvalue weighted by molar-refractivity contribution is 6.52. The number of amides is 2. The van der Waals surface area contributed by atoms with Crippen LogP contribution in [0.4, 0.5) is 10.1 Å². The Bertz CT molecular complexity index is 600. The molecule has 1 aliphatic rings. The molecule has 6 nitrogen and oxygen atoms in total. The highest BCUT2D eigenvalue weighted by Crippen LogP contribution is 2.33. The van der Waals surface area contributed by atoms with Crippen LogP contribution in [0.25, 0.3) is 0 Å². The Hall–Kier alpha value is -2.28. The lowest BCUT2D eigenvalue weighted by Crippen LogP contribution is -2.47. The average Bonchev–Trinajstić information content (AvgIpc) is 2.54. The highest BCUT2D eigenvalue weighted by Gasteiger charge is 2.38. The van der Waals surface area contributed by atoms with Crippen LogP contribution in [-0.4, -0.2) is 30.2 Å². The van der Waals surface area contributed by atoms with Crippen LogP contribution in [0.2, 0.25) is 0 Å². The number of nitrogens with zero attached hydrogens (tertiary/aromatic N) is 1. The summed E-state index contributed by atoms with van der Waals surface area (Å²) in [6.07, 6.45) is 0. The number of anilines is 1. The number of hydrogen-bond donors (Lipinski definition) is 2. The summed E-state index contributed by atoms with van der Waals surface area (Å²) >= 11 is 0. The van der Waals surface area contributed by atoms with E-state index < -0.39 is 29.5 Å². The predicted molar refractivity (Wildman–Crippen MR) is 65.0 cm³/mol. The van der Waals surface area contributed by atoms with E-state index in [0.29, 0.717) is 5.56 Å². The Balaban J connectivity index is 2.47. The zero-order valence-corrected chi connectivity index (χ0v) is 10.1. The number of halogens is 1. The third-order valence-corrected chi connectivity index (χ3v) is 2.96. The molecule has 0 bridgehead atoms. The van der Waals surface area contributed by atoms with Gasteiger partial charge in [0.1, 0.15) is 11.9 Å². The molecule has 2 amide bonds. The molecule has 1 aromatic rings. The zero-order chi connectivity index (χ0) is 14.3. The van der Waals surface area contributed by atoms with Crippen molar-refractivity contribution >= 4 is 23.3 Å². The molecule has 2 rings (SSSR count). The van der Waals surface area contributed by atoms with Crippen molar-refractivity contribution in [2.75, 3.05) is 11.4 Å². The van der Waals surface area contributed by atoms with Gasteiger partial charge >= 0.3 is 0 Å². The van der Waals surface area contributed by atoms with Crippen molar-refractivity contribution < 1.29 is 18.8 Å². The maximum absolute atomic E-state index is 13.3. The SMILES string of the molecule is Cc1cc(F)cc2c1N(CC(N)C(N)=O)C(=O)C2=O. The molecule has 7 heteroatoms. The summed E-state index contributed by atoms with van der Waals surface area (Å²) < 4.78 is 13.3. The van der Waals surface area contributed by atoms with Crippen LogP contribution >= 0.6 is 0 Å². The van der Waals surface area contributed by atoms with Crippen LogP contribution in [-0.2, 0) is 9.59 Å². The Labute approximate surface area is 108 Å². The molecule has 1 unspecified atom stereocenters. The standard InChI is InChI=1S/C12H12FN3O3/c1-5-2-6(13)3-7-9(5)16(12(19)10(7)17)4-8(14)11(15)18/h2-3,8H,4,14H2,1H3,(H2,15,18). The summed E-state index contributed by atoms with van der Waals surface area (Å²) in [6, 6.07) is 1.11. The first-order chi connectivity index (χ1) is 8.82. The molecule has 1 atom stereocenters. The van der Waals surface area contributed by atoms with Gasteiger partial charge in [-0.05, 0) is 24.6 Å². The Morgan fingerprint density at radius 3 is 2.63 bits per heavy atom. The lowest BCUT2D eigenvalue weighted by atomic mass is 10.1. The largest absolute Gasteiger partial charge is 0.368 e. The molecule has 0 fully saturated rings. The lowest BCUT2D eigenvalue weighted by Gasteiger charge is -2.20. The third kappa shape index (κ3) is 2.08. The number of nitrogens with two attached hydrogens (primary N) is 2. The highest BCUT2D eigenvalue weighted by atomic mass is 19.1. The monoisotopic (exact) mass is 265 g/mol. The molecule has 19 heavy (non-hydrogen) atoms. The summed E-state index contributed by atoms with van der Waals surface area (Å²) in [5, 5.41) is 0. The van der Waals surface area contributed by atoms with Crippen molar-refractivity contribution in [2.45, 2.75) is 13.0 Å². The molecule has 0 aliphatic carbocycles. The van der Waals surface area contributed by atoms with E-state index in [0.717, 1.165) is 11.0 Å². The summed E-state index contributed by atoms with van der Waals surface area (Å²) in [4.78, 5) is 35.6. The fourth-order valence-corrected chi connectivity index (χ4v) is 2.07. The van der Waals surface area contributed by atoms with Crippen LogP contribution < -0.4 is 16.4 Å². The maximum Gasteiger partial charge on any atom is 0.299 e. The second-order valence-corrected chi connectivity index (χ2v) is 4.37. The van der Waals surface area contributed by atoms with E-state index in [2.05, 4.69) is 0 Å². The van der Waals surface area contributed by atoms with Gasteiger partial charge in [-0.25, -0.2) is 4.39 Å². The van der Waals surface area contributed by atoms with Gasteiger partial charge in [-0.2, -0.15) is 0 Å². The molecule has 0 aromatic heterocycles. The van der Waals surface area contributed by atoms with Gasteiger partial charge in [0.05, 0.1) is 17.8 Å². The fourth-order valence-electron chi connectivity index (χ4n) is 2.07. The smallest absolute Gasteiger partial charge is 0.299 e. The van der Waals surface area contributed by atoms with E-state index in [1.165, 1.54) is 6.07 Å². The predicted octanol–water partition coefficient (Wildman–Crippen LogP) is -0.524. The van der Waals surface area contributed by atoms with E-state index in [9.17, 15) is 18.8 Å². The van der Waals surface area contributed by atoms with Crippen molar-refractivity contribution in [2.24, 2.45) is 11.5 Å². The van der Waals surface area contributed by atoms with Gasteiger partial charge in [-0.3, -0.25) is 14.4 Å². The summed E-state index contributed by atoms with van der Waals surface area (Å²) in [5.41, 5.74) is 11.2. The van der Waals surface area contributed by atoms with Crippen molar-refractivity contribution in [3.8, 4) is 0 Å². The molecule has 1 aromatic carbocycles. The number of carbonyl (C=O) groups excluding carboxylic acids is 3. The van der Waals surface area contributed by atoms with Crippen molar-refractivity contribution in [3.63, 3.8) is 0 Å². The summed E-state index contributed by atoms with van der Waals surface area (Å²) in [7, 11) is 0. The topological polar surface area (TPSA) is 106 Å². The van der Waals surface area contributed by atoms with Crippen LogP contribution in [0.1, 0.15) is 15.9 Å². The Morgan fingerprint density at radius 2 is 2.05 bits per heavy atom. The molecule has 4 N–H and O–H groups in total. The van der Waals surface area contributed by atoms with Gasteiger partial charge < -0.3 is 16.4 Å². The van der Waals surface area contributed by atoms with Crippen LogP contribution in [0.5, 0.6) is 0 Å². The van der Waals surface area contributed by atoms with Gasteiger partial charge in [0.25, 0.3) is 11.7 Å². The maximum atomic E-state index is 13.3. The second kappa shape index (κ2) is 4.43. The Morgan fingerprint density at radius 1 is 1.42 bits per heavy atom. The summed E-state index contributed by atoms with van der Waals surface area (Å²) in [6.45, 7) is 1.36. The quantitative estimate of drug-likeness (QED) is 0.717. The molecular weight excluding hydrogens is 253 g/mol. The molecular formula is C12H12FN3O3. The van der Waals surface area contributed by atoms with Crippen LogP contribution in [0.15, 0.2) is 12.1 Å². The molecule has 0 radical (unpaired) electrons. The van der Waals surface area contributed by atoms with E-state index in [-0.39, 0.29) is 17.8 Å². The molecule has 1 aliphatic heterocycles. The zero-order valence-electron chi connectivity index (χ0n) is 10.1. The molecule has 0 saturated carbocycles. The molecule has 100 valence electrons. The van der Waals surface area contributed by atoms with Crippen LogP contribution in [0, 0.1) is 12.7 Å². The Kier molecular flexibility index (Phi) is 3.07. The molecule has 1 heterocycles. The number of aryl methyl sites for hydroxylation is 1. The summed E-state index contributed by atoms with van der Waals surface area (Å²) in [5.74, 6) is -3.03. The number of carbonyl (C=O) groups is 3. The number of ketones is 1. The first-order valence-corrected chi connectivity index (χ1v) is 5.54. The number of primary amides is 1. The van der Waals surface area contributed by atoms with Gasteiger partial charge in [-0.15, -0.1) is 0 Å². The van der Waals surface area contributed by atoms with Gasteiger partial charge in [-0.1, -0.05) is 0 Å². The number of rotatable bonds is 3. The van der Waals surface area contributed by atoms with E-state index >= 15 is 0 Å². The molecule has 0 spiro atoms. The minimum Gasteiger partial charge on any atom is -0.368 e. The van der Waals surface area contributed by atoms with Crippen molar-refractivity contribution in [1.29, 1.82) is 0 Å². The third-order valence-electron chi connectivity index (χ3n) is 2.96. The number of Topliss-reactive ketones (excluding diaryl/α,β-unsaturated/α-hetero) is 1. The molecule has 0 saturated heterocycles. The van der Waals surface area contributed by atoms with Crippen LogP contribution in [0.3, 0.4) is 0 Å². The number of fused-ring (bicyclic) bond motifs is 1. The minimum absolute atomic E-state index is 0.0147. The van der Waals surface area contributed by atoms with Gasteiger partial charge in [0.2, 0.25) is 5.91 Å². The fraction of sp³-hybridized carbons (Fsp3) is 0.250. The van der Waals surface area contributed by atoms with E-state index in [1.54, 1.807) is 6.92 Å². The number of hydrogen-bond acceptors (Lipinski definition) is 4. The van der Waals surface area contributed by atoms with E-state index in [1.807, 2.05) is 0 Å². The van der Waals surface area contributed by atoms with Gasteiger partial charge in [0.15, 0.2) is 0 Å². The minimum atomic E-state index is -1.09. The van der Waals surface area contributed by atoms with Crippen molar-refractivity contribution in [3.05, 3.63) is 29.1 Å². The average molecular weight is 265 g/mol. The number of benzene rings is 1. The van der Waals surface area contributed by atoms with Gasteiger partial charge in [0, 0.05) is 0 Å². The van der Waals surface area contributed by atoms with E-state index in [4.69, 9.17) is 11.5 Å². The lowest BCUT2D eigenvalue weighted by molar-refractivity contribution is -0.119. The van der Waals surface area contributed by atoms with Crippen molar-refractivity contribution in [1.82, 2.24) is 0 Å².